The zero-order chi connectivity index (χ0) is 23.3. The van der Waals surface area contributed by atoms with E-state index in [0.29, 0.717) is 6.42 Å². The monoisotopic (exact) mass is 440 g/mol. The number of aliphatic hydroxyl groups is 1. The molecule has 1 aliphatic carbocycles. The first-order valence-electron chi connectivity index (χ1n) is 10.6. The molecule has 1 aliphatic rings. The second kappa shape index (κ2) is 9.82. The molecule has 2 atom stereocenters. The number of nitrogens with one attached hydrogen (secondary N) is 2. The predicted octanol–water partition coefficient (Wildman–Crippen LogP) is 2.65. The van der Waals surface area contributed by atoms with Crippen molar-refractivity contribution < 1.29 is 29.3 Å². The minimum absolute atomic E-state index is 0.0953. The van der Waals surface area contributed by atoms with Crippen LogP contribution in [-0.2, 0) is 14.3 Å². The zero-order valence-corrected chi connectivity index (χ0v) is 18.1. The maximum atomic E-state index is 12.7. The van der Waals surface area contributed by atoms with Gasteiger partial charge in [-0.1, -0.05) is 61.9 Å². The lowest BCUT2D eigenvalue weighted by Gasteiger charge is -2.30. The van der Waals surface area contributed by atoms with Crippen LogP contribution in [-0.4, -0.2) is 53.0 Å². The van der Waals surface area contributed by atoms with E-state index >= 15 is 0 Å². The highest BCUT2D eigenvalue weighted by Crippen LogP contribution is 2.44. The number of amides is 2. The summed E-state index contributed by atoms with van der Waals surface area (Å²) in [7, 11) is 0. The Morgan fingerprint density at radius 2 is 1.62 bits per heavy atom. The lowest BCUT2D eigenvalue weighted by molar-refractivity contribution is -0.144. The Bertz CT molecular complexity index is 962. The van der Waals surface area contributed by atoms with Crippen molar-refractivity contribution in [2.75, 3.05) is 13.2 Å². The fourth-order valence-corrected chi connectivity index (χ4v) is 4.10. The topological polar surface area (TPSA) is 125 Å². The summed E-state index contributed by atoms with van der Waals surface area (Å²) in [5, 5.41) is 23.1. The average Bonchev–Trinajstić information content (AvgIpc) is 3.09. The summed E-state index contributed by atoms with van der Waals surface area (Å²) in [4.78, 5) is 36.5. The van der Waals surface area contributed by atoms with Gasteiger partial charge in [0.1, 0.15) is 18.2 Å². The second-order valence-corrected chi connectivity index (χ2v) is 8.08. The van der Waals surface area contributed by atoms with Crippen molar-refractivity contribution in [3.8, 4) is 11.1 Å². The molecule has 4 N–H and O–H groups in total. The highest BCUT2D eigenvalue weighted by atomic mass is 16.5. The molecule has 0 aliphatic heterocycles. The molecule has 1 unspecified atom stereocenters. The van der Waals surface area contributed by atoms with Gasteiger partial charge in [-0.2, -0.15) is 0 Å². The second-order valence-electron chi connectivity index (χ2n) is 8.08. The van der Waals surface area contributed by atoms with Crippen LogP contribution in [0.3, 0.4) is 0 Å². The molecule has 0 heterocycles. The van der Waals surface area contributed by atoms with Crippen molar-refractivity contribution in [1.82, 2.24) is 10.6 Å². The molecule has 3 rings (SSSR count). The summed E-state index contributed by atoms with van der Waals surface area (Å²) < 4.78 is 5.51. The normalized spacial score (nSPS) is 15.1. The largest absolute Gasteiger partial charge is 0.480 e. The van der Waals surface area contributed by atoms with E-state index in [1.165, 1.54) is 6.92 Å². The fraction of sp³-hybridized carbons (Fsp3) is 0.375. The molecular weight excluding hydrogens is 412 g/mol. The van der Waals surface area contributed by atoms with Gasteiger partial charge in [0.15, 0.2) is 0 Å². The summed E-state index contributed by atoms with van der Waals surface area (Å²) in [5.41, 5.74) is 2.97. The van der Waals surface area contributed by atoms with E-state index < -0.39 is 36.2 Å². The Hall–Kier alpha value is -3.39. The Labute approximate surface area is 186 Å². The molecule has 0 spiro atoms. The van der Waals surface area contributed by atoms with Crippen LogP contribution >= 0.6 is 0 Å². The number of hydrogen-bond donors (Lipinski definition) is 4. The molecule has 8 nitrogen and oxygen atoms in total. The summed E-state index contributed by atoms with van der Waals surface area (Å²) in [6.07, 6.45) is 0.0550. The number of rotatable bonds is 9. The summed E-state index contributed by atoms with van der Waals surface area (Å²) in [6, 6.07) is 14.5. The minimum atomic E-state index is -1.46. The molecule has 8 heteroatoms. The van der Waals surface area contributed by atoms with Gasteiger partial charge in [0.25, 0.3) is 0 Å². The van der Waals surface area contributed by atoms with Gasteiger partial charge >= 0.3 is 12.1 Å². The number of carboxylic acids is 1. The van der Waals surface area contributed by atoms with Crippen LogP contribution in [0.1, 0.15) is 43.7 Å². The highest BCUT2D eigenvalue weighted by molar-refractivity contribution is 5.92. The highest BCUT2D eigenvalue weighted by Gasteiger charge is 2.37. The first-order chi connectivity index (χ1) is 15.3. The number of aliphatic hydroxyl groups excluding tert-OH is 1. The fourth-order valence-electron chi connectivity index (χ4n) is 4.10. The number of benzene rings is 2. The third-order valence-electron chi connectivity index (χ3n) is 5.76. The van der Waals surface area contributed by atoms with E-state index in [1.807, 2.05) is 55.5 Å². The third-order valence-corrected chi connectivity index (χ3v) is 5.76. The van der Waals surface area contributed by atoms with Crippen molar-refractivity contribution in [2.45, 2.75) is 44.2 Å². The molecule has 2 aromatic carbocycles. The molecule has 0 bridgehead atoms. The Kier molecular flexibility index (Phi) is 7.15. The number of carbonyl (C=O) groups is 3. The molecular formula is C24H28N2O6. The van der Waals surface area contributed by atoms with Gasteiger partial charge < -0.3 is 25.6 Å². The van der Waals surface area contributed by atoms with Crippen LogP contribution < -0.4 is 10.6 Å². The van der Waals surface area contributed by atoms with Gasteiger partial charge in [0, 0.05) is 5.92 Å². The standard InChI is InChI=1S/C24H28N2O6/c1-3-12-24(2,22(30)25-20(13-27)21(28)29)26-23(31)32-14-19-17-10-6-4-8-15(17)16-9-5-7-11-18(16)19/h4-11,19-20,27H,3,12-14H2,1-2H3,(H,25,30)(H,26,31)(H,28,29)/t20-,24?/m0/s1. The van der Waals surface area contributed by atoms with E-state index in [9.17, 15) is 19.5 Å². The van der Waals surface area contributed by atoms with Gasteiger partial charge in [-0.25, -0.2) is 9.59 Å². The Balaban J connectivity index is 1.70. The smallest absolute Gasteiger partial charge is 0.408 e. The first kappa shape index (κ1) is 23.3. The van der Waals surface area contributed by atoms with Crippen LogP contribution in [0.5, 0.6) is 0 Å². The van der Waals surface area contributed by atoms with Crippen molar-refractivity contribution in [3.05, 3.63) is 59.7 Å². The number of aliphatic carboxylic acids is 1. The van der Waals surface area contributed by atoms with Crippen LogP contribution in [0.25, 0.3) is 11.1 Å². The summed E-state index contributed by atoms with van der Waals surface area (Å²) in [6.45, 7) is 2.68. The van der Waals surface area contributed by atoms with E-state index in [-0.39, 0.29) is 18.9 Å². The van der Waals surface area contributed by atoms with E-state index in [0.717, 1.165) is 22.3 Å². The van der Waals surface area contributed by atoms with Gasteiger partial charge in [0.05, 0.1) is 6.61 Å². The number of carboxylic acid groups (broad SMARTS) is 1. The molecule has 32 heavy (non-hydrogen) atoms. The van der Waals surface area contributed by atoms with Crippen LogP contribution in [0.4, 0.5) is 4.79 Å². The molecule has 0 aromatic heterocycles. The molecule has 0 saturated heterocycles. The minimum Gasteiger partial charge on any atom is -0.480 e. The number of alkyl carbamates (subject to hydrolysis) is 1. The van der Waals surface area contributed by atoms with Crippen LogP contribution in [0.2, 0.25) is 0 Å². The van der Waals surface area contributed by atoms with Gasteiger partial charge in [-0.15, -0.1) is 0 Å². The average molecular weight is 440 g/mol. The van der Waals surface area contributed by atoms with Crippen molar-refractivity contribution >= 4 is 18.0 Å². The SMILES string of the molecule is CCCC(C)(NC(=O)OCC1c2ccccc2-c2ccccc21)C(=O)N[C@@H](CO)C(=O)O. The van der Waals surface area contributed by atoms with Gasteiger partial charge in [-0.05, 0) is 35.6 Å². The van der Waals surface area contributed by atoms with Crippen molar-refractivity contribution in [1.29, 1.82) is 0 Å². The molecule has 170 valence electrons. The van der Waals surface area contributed by atoms with Crippen molar-refractivity contribution in [2.24, 2.45) is 0 Å². The number of ether oxygens (including phenoxy) is 1. The third kappa shape index (κ3) is 4.75. The molecule has 0 fully saturated rings. The van der Waals surface area contributed by atoms with E-state index in [4.69, 9.17) is 9.84 Å². The molecule has 0 saturated carbocycles. The molecule has 2 amide bonds. The maximum Gasteiger partial charge on any atom is 0.408 e. The quantitative estimate of drug-likeness (QED) is 0.475. The maximum absolute atomic E-state index is 12.7. The molecule has 2 aromatic rings. The number of fused-ring (bicyclic) bond motifs is 3. The van der Waals surface area contributed by atoms with E-state index in [1.54, 1.807) is 0 Å². The summed E-state index contributed by atoms with van der Waals surface area (Å²) in [5.74, 6) is -2.18. The lowest BCUT2D eigenvalue weighted by Crippen LogP contribution is -2.60. The number of hydrogen-bond acceptors (Lipinski definition) is 5. The van der Waals surface area contributed by atoms with E-state index in [2.05, 4.69) is 10.6 Å². The lowest BCUT2D eigenvalue weighted by atomic mass is 9.94. The Morgan fingerprint density at radius 1 is 1.06 bits per heavy atom. The number of carbonyl (C=O) groups excluding carboxylic acids is 2. The van der Waals surface area contributed by atoms with Gasteiger partial charge in [0.2, 0.25) is 5.91 Å². The van der Waals surface area contributed by atoms with Crippen molar-refractivity contribution in [3.63, 3.8) is 0 Å². The first-order valence-corrected chi connectivity index (χ1v) is 10.6. The predicted molar refractivity (Wildman–Crippen MR) is 118 cm³/mol. The van der Waals surface area contributed by atoms with Crippen LogP contribution in [0, 0.1) is 0 Å². The molecule has 0 radical (unpaired) electrons. The van der Waals surface area contributed by atoms with Crippen LogP contribution in [0.15, 0.2) is 48.5 Å². The van der Waals surface area contributed by atoms with Gasteiger partial charge in [-0.3, -0.25) is 4.79 Å². The summed E-state index contributed by atoms with van der Waals surface area (Å²) >= 11 is 0. The Morgan fingerprint density at radius 3 is 2.12 bits per heavy atom. The zero-order valence-electron chi connectivity index (χ0n) is 18.1.